The van der Waals surface area contributed by atoms with Crippen molar-refractivity contribution in [1.82, 2.24) is 9.55 Å². The van der Waals surface area contributed by atoms with Crippen molar-refractivity contribution in [2.45, 2.75) is 26.0 Å². The van der Waals surface area contributed by atoms with Crippen LogP contribution in [0.15, 0.2) is 89.2 Å². The van der Waals surface area contributed by atoms with Crippen molar-refractivity contribution in [3.8, 4) is 23.3 Å². The summed E-state index contributed by atoms with van der Waals surface area (Å²) in [5.74, 6) is 0.418. The fourth-order valence-corrected chi connectivity index (χ4v) is 4.81. The number of benzene rings is 2. The molecule has 4 aromatic rings. The second kappa shape index (κ2) is 10.9. The quantitative estimate of drug-likeness (QED) is 0.348. The molecule has 8 nitrogen and oxygen atoms in total. The van der Waals surface area contributed by atoms with Crippen LogP contribution in [-0.4, -0.2) is 16.7 Å². The highest BCUT2D eigenvalue weighted by molar-refractivity contribution is 6.31. The summed E-state index contributed by atoms with van der Waals surface area (Å²) in [6, 6.07) is 22.1. The Labute approximate surface area is 230 Å². The fourth-order valence-electron chi connectivity index (χ4n) is 4.62. The Morgan fingerprint density at radius 3 is 2.64 bits per heavy atom. The molecule has 2 aromatic carbocycles. The Hall–Kier alpha value is -4.74. The van der Waals surface area contributed by atoms with Crippen molar-refractivity contribution >= 4 is 11.6 Å². The summed E-state index contributed by atoms with van der Waals surface area (Å²) in [6.45, 7) is 2.32. The van der Waals surface area contributed by atoms with E-state index in [0.29, 0.717) is 39.1 Å². The Balaban J connectivity index is 1.57. The largest absolute Gasteiger partial charge is 0.493 e. The second-order valence-corrected chi connectivity index (χ2v) is 9.40. The molecule has 2 N–H and O–H groups in total. The van der Waals surface area contributed by atoms with Crippen molar-refractivity contribution in [3.63, 3.8) is 0 Å². The zero-order valence-electron chi connectivity index (χ0n) is 21.3. The lowest BCUT2D eigenvalue weighted by atomic mass is 9.84. The lowest BCUT2D eigenvalue weighted by Crippen LogP contribution is -2.33. The lowest BCUT2D eigenvalue weighted by Gasteiger charge is -2.27. The smallest absolute Gasteiger partial charge is 0.259 e. The number of allylic oxidation sites excluding steroid dienone is 1. The number of aromatic nitrogens is 2. The number of aryl methyl sites for hydroxylation is 1. The molecule has 3 heterocycles. The van der Waals surface area contributed by atoms with Gasteiger partial charge in [-0.1, -0.05) is 41.9 Å². The molecule has 0 amide bonds. The van der Waals surface area contributed by atoms with E-state index in [9.17, 15) is 10.1 Å². The number of pyridine rings is 2. The number of rotatable bonds is 7. The van der Waals surface area contributed by atoms with Gasteiger partial charge in [-0.05, 0) is 42.8 Å². The van der Waals surface area contributed by atoms with Gasteiger partial charge in [0.2, 0.25) is 5.88 Å². The van der Waals surface area contributed by atoms with E-state index in [4.69, 9.17) is 31.5 Å². The summed E-state index contributed by atoms with van der Waals surface area (Å²) < 4.78 is 19.0. The zero-order valence-corrected chi connectivity index (χ0v) is 22.1. The first-order chi connectivity index (χ1) is 18.9. The van der Waals surface area contributed by atoms with Crippen molar-refractivity contribution in [2.75, 3.05) is 7.11 Å². The van der Waals surface area contributed by atoms with Crippen LogP contribution in [0.3, 0.4) is 0 Å². The third-order valence-corrected chi connectivity index (χ3v) is 6.97. The number of nitrogens with two attached hydrogens (primary N) is 1. The molecule has 0 fully saturated rings. The molecular weight excluding hydrogens is 516 g/mol. The van der Waals surface area contributed by atoms with Gasteiger partial charge in [0.1, 0.15) is 24.0 Å². The molecule has 0 saturated carbocycles. The molecule has 5 rings (SSSR count). The monoisotopic (exact) mass is 540 g/mol. The van der Waals surface area contributed by atoms with Gasteiger partial charge in [0, 0.05) is 28.5 Å². The van der Waals surface area contributed by atoms with E-state index in [2.05, 4.69) is 11.1 Å². The molecule has 0 unspecified atom stereocenters. The van der Waals surface area contributed by atoms with Gasteiger partial charge in [-0.3, -0.25) is 9.78 Å². The summed E-state index contributed by atoms with van der Waals surface area (Å²) in [5.41, 5.74) is 9.20. The van der Waals surface area contributed by atoms with E-state index in [1.807, 2.05) is 43.3 Å². The van der Waals surface area contributed by atoms with E-state index in [1.165, 1.54) is 7.11 Å². The number of hydrogen-bond donors (Lipinski definition) is 1. The number of ether oxygens (including phenoxy) is 3. The van der Waals surface area contributed by atoms with Crippen LogP contribution in [0.25, 0.3) is 0 Å². The molecule has 1 aliphatic heterocycles. The van der Waals surface area contributed by atoms with Gasteiger partial charge in [0.15, 0.2) is 11.5 Å². The Bertz CT molecular complexity index is 1680. The lowest BCUT2D eigenvalue weighted by molar-refractivity contribution is 0.284. The number of nitrogens with zero attached hydrogens (tertiary/aromatic N) is 3. The van der Waals surface area contributed by atoms with Crippen LogP contribution in [0.1, 0.15) is 34.0 Å². The Kier molecular flexibility index (Phi) is 7.26. The Morgan fingerprint density at radius 1 is 1.13 bits per heavy atom. The molecule has 1 atom stereocenters. The predicted molar refractivity (Wildman–Crippen MR) is 147 cm³/mol. The highest BCUT2D eigenvalue weighted by Gasteiger charge is 2.35. The number of hydrogen-bond acceptors (Lipinski definition) is 7. The first-order valence-electron chi connectivity index (χ1n) is 12.2. The minimum Gasteiger partial charge on any atom is -0.493 e. The Morgan fingerprint density at radius 2 is 1.92 bits per heavy atom. The van der Waals surface area contributed by atoms with E-state index in [-0.39, 0.29) is 30.2 Å². The molecule has 1 aliphatic rings. The molecule has 2 aromatic heterocycles. The summed E-state index contributed by atoms with van der Waals surface area (Å²) in [6.07, 6.45) is 1.68. The van der Waals surface area contributed by atoms with Crippen LogP contribution in [0.5, 0.6) is 17.2 Å². The van der Waals surface area contributed by atoms with E-state index >= 15 is 0 Å². The highest BCUT2D eigenvalue weighted by atomic mass is 35.5. The molecular formula is C30H25ClN4O4. The average Bonchev–Trinajstić information content (AvgIpc) is 2.94. The van der Waals surface area contributed by atoms with Crippen molar-refractivity contribution in [1.29, 1.82) is 5.26 Å². The van der Waals surface area contributed by atoms with Gasteiger partial charge in [0.25, 0.3) is 5.56 Å². The van der Waals surface area contributed by atoms with Crippen molar-refractivity contribution < 1.29 is 14.2 Å². The van der Waals surface area contributed by atoms with Crippen LogP contribution >= 0.6 is 11.6 Å². The van der Waals surface area contributed by atoms with Crippen molar-refractivity contribution in [3.05, 3.63) is 128 Å². The molecule has 39 heavy (non-hydrogen) atoms. The van der Waals surface area contributed by atoms with Gasteiger partial charge >= 0.3 is 0 Å². The predicted octanol–water partition coefficient (Wildman–Crippen LogP) is 5.06. The van der Waals surface area contributed by atoms with Crippen LogP contribution in [-0.2, 0) is 13.2 Å². The van der Waals surface area contributed by atoms with Gasteiger partial charge in [-0.15, -0.1) is 0 Å². The number of nitriles is 1. The number of halogens is 1. The summed E-state index contributed by atoms with van der Waals surface area (Å²) in [4.78, 5) is 18.3. The van der Waals surface area contributed by atoms with Gasteiger partial charge in [-0.2, -0.15) is 5.26 Å². The van der Waals surface area contributed by atoms with Crippen LogP contribution in [0, 0.1) is 18.3 Å². The molecule has 0 aliphatic carbocycles. The van der Waals surface area contributed by atoms with E-state index in [0.717, 1.165) is 11.3 Å². The van der Waals surface area contributed by atoms with Crippen LogP contribution in [0.2, 0.25) is 5.02 Å². The van der Waals surface area contributed by atoms with E-state index in [1.54, 1.807) is 41.1 Å². The molecule has 0 radical (unpaired) electrons. The zero-order chi connectivity index (χ0) is 27.5. The van der Waals surface area contributed by atoms with Gasteiger partial charge < -0.3 is 24.5 Å². The second-order valence-electron chi connectivity index (χ2n) is 8.99. The molecule has 196 valence electrons. The molecule has 9 heteroatoms. The maximum atomic E-state index is 13.9. The first-order valence-corrected chi connectivity index (χ1v) is 12.5. The number of methoxy groups -OCH3 is 1. The minimum atomic E-state index is -0.770. The topological polar surface area (TPSA) is 112 Å². The third-order valence-electron chi connectivity index (χ3n) is 6.60. The average molecular weight is 541 g/mol. The minimum absolute atomic E-state index is 0.0470. The third kappa shape index (κ3) is 5.05. The van der Waals surface area contributed by atoms with Gasteiger partial charge in [0.05, 0.1) is 30.8 Å². The van der Waals surface area contributed by atoms with E-state index < -0.39 is 5.92 Å². The normalized spacial score (nSPS) is 14.3. The number of fused-ring (bicyclic) bond motifs is 1. The van der Waals surface area contributed by atoms with Crippen molar-refractivity contribution in [2.24, 2.45) is 5.73 Å². The summed E-state index contributed by atoms with van der Waals surface area (Å²) >= 11 is 6.27. The molecule has 0 bridgehead atoms. The molecule has 0 spiro atoms. The standard InChI is InChI=1S/C30H25ClN4O4/c1-18-13-26-28(30(36)35(18)16-21-8-5-6-12-34-21)27(22(15-32)29(33)39-26)19-10-11-24(25(14-19)37-2)38-17-20-7-3-4-9-23(20)31/h3-14,27H,16-17,33H2,1-2H3/t27-/m1/s1. The van der Waals surface area contributed by atoms with Crippen LogP contribution in [0.4, 0.5) is 0 Å². The highest BCUT2D eigenvalue weighted by Crippen LogP contribution is 2.43. The first kappa shape index (κ1) is 25.9. The fraction of sp³-hybridized carbons (Fsp3) is 0.167. The summed E-state index contributed by atoms with van der Waals surface area (Å²) in [7, 11) is 1.53. The molecule has 0 saturated heterocycles. The van der Waals surface area contributed by atoms with Gasteiger partial charge in [-0.25, -0.2) is 0 Å². The van der Waals surface area contributed by atoms with Crippen LogP contribution < -0.4 is 25.5 Å². The maximum absolute atomic E-state index is 13.9. The maximum Gasteiger partial charge on any atom is 0.259 e. The summed E-state index contributed by atoms with van der Waals surface area (Å²) in [5, 5.41) is 10.6. The SMILES string of the molecule is COc1cc([C@@H]2C(C#N)=C(N)Oc3cc(C)n(Cc4ccccn4)c(=O)c32)ccc1OCc1ccccc1Cl.